The monoisotopic (exact) mass is 695 g/mol. The Bertz CT molecular complexity index is 1400. The number of ether oxygens (including phenoxy) is 1. The Morgan fingerprint density at radius 1 is 1.11 bits per heavy atom. The lowest BCUT2D eigenvalue weighted by Crippen LogP contribution is -2.56. The lowest BCUT2D eigenvalue weighted by Gasteiger charge is -2.40. The molecule has 3 saturated heterocycles. The van der Waals surface area contributed by atoms with Gasteiger partial charge in [-0.1, -0.05) is 58.4 Å². The molecule has 7 atom stereocenters. The first-order chi connectivity index (χ1) is 21.8. The molecule has 0 radical (unpaired) electrons. The largest absolute Gasteiger partial charge is 0.465 e. The number of benzene rings is 2. The number of fused-ring (bicyclic) bond motifs is 1. The Kier molecular flexibility index (Phi) is 10.5. The van der Waals surface area contributed by atoms with Crippen LogP contribution in [0.3, 0.4) is 0 Å². The van der Waals surface area contributed by atoms with Gasteiger partial charge < -0.3 is 24.5 Å². The number of halogens is 1. The summed E-state index contributed by atoms with van der Waals surface area (Å²) in [5.74, 6) is -2.47. The Morgan fingerprint density at radius 3 is 2.38 bits per heavy atom. The van der Waals surface area contributed by atoms with Crippen molar-refractivity contribution in [1.29, 1.82) is 0 Å². The molecule has 0 saturated carbocycles. The highest BCUT2D eigenvalue weighted by molar-refractivity contribution is 9.09. The lowest BCUT2D eigenvalue weighted by atomic mass is 9.71. The van der Waals surface area contributed by atoms with E-state index in [1.54, 1.807) is 33.7 Å². The molecule has 1 N–H and O–H groups in total. The molecule has 2 bridgehead atoms. The molecular weight excluding hydrogens is 654 g/mol. The van der Waals surface area contributed by atoms with Crippen molar-refractivity contribution in [3.8, 4) is 0 Å². The van der Waals surface area contributed by atoms with Crippen molar-refractivity contribution in [2.24, 2.45) is 11.8 Å². The maximum atomic E-state index is 15.0. The van der Waals surface area contributed by atoms with Crippen LogP contribution in [0.15, 0.2) is 79.9 Å². The topological polar surface area (TPSA) is 90.4 Å². The number of carbonyl (C=O) groups excluding carboxylic acids is 3. The van der Waals surface area contributed by atoms with Crippen LogP contribution >= 0.6 is 27.7 Å². The van der Waals surface area contributed by atoms with E-state index in [4.69, 9.17) is 4.74 Å². The van der Waals surface area contributed by atoms with Gasteiger partial charge in [-0.3, -0.25) is 14.4 Å². The van der Waals surface area contributed by atoms with Crippen LogP contribution in [-0.4, -0.2) is 81.5 Å². The van der Waals surface area contributed by atoms with E-state index in [2.05, 4.69) is 47.8 Å². The van der Waals surface area contributed by atoms with Crippen LogP contribution in [0.4, 0.5) is 11.4 Å². The molecule has 3 aliphatic rings. The van der Waals surface area contributed by atoms with Crippen LogP contribution in [0, 0.1) is 11.8 Å². The number of esters is 1. The average Bonchev–Trinajstić information content (AvgIpc) is 3.65. The minimum Gasteiger partial charge on any atom is -0.465 e. The molecule has 1 spiro atoms. The number of thioether (sulfide) groups is 1. The van der Waals surface area contributed by atoms with E-state index in [9.17, 15) is 14.7 Å². The van der Waals surface area contributed by atoms with Gasteiger partial charge in [0, 0.05) is 41.1 Å². The van der Waals surface area contributed by atoms with Gasteiger partial charge in [0.2, 0.25) is 5.91 Å². The third kappa shape index (κ3) is 5.85. The van der Waals surface area contributed by atoms with Gasteiger partial charge in [0.1, 0.15) is 6.04 Å². The first-order valence-corrected chi connectivity index (χ1v) is 17.4. The maximum Gasteiger partial charge on any atom is 0.310 e. The van der Waals surface area contributed by atoms with Gasteiger partial charge in [0.15, 0.2) is 0 Å². The zero-order valence-corrected chi connectivity index (χ0v) is 28.3. The van der Waals surface area contributed by atoms with Crippen LogP contribution < -0.4 is 9.80 Å². The summed E-state index contributed by atoms with van der Waals surface area (Å²) in [6, 6.07) is 15.4. The van der Waals surface area contributed by atoms with Crippen molar-refractivity contribution in [2.75, 3.05) is 42.6 Å². The van der Waals surface area contributed by atoms with Crippen molar-refractivity contribution >= 4 is 56.9 Å². The number of alkyl halides is 1. The van der Waals surface area contributed by atoms with Crippen molar-refractivity contribution in [2.45, 2.75) is 53.6 Å². The minimum absolute atomic E-state index is 0.0933. The van der Waals surface area contributed by atoms with E-state index in [1.807, 2.05) is 54.6 Å². The first-order valence-electron chi connectivity index (χ1n) is 15.6. The van der Waals surface area contributed by atoms with Crippen molar-refractivity contribution < 1.29 is 24.2 Å². The molecule has 3 fully saturated rings. The molecule has 2 amide bonds. The van der Waals surface area contributed by atoms with Crippen LogP contribution in [0.2, 0.25) is 0 Å². The number of hydrogen-bond acceptors (Lipinski definition) is 7. The number of amides is 2. The van der Waals surface area contributed by atoms with Gasteiger partial charge in [-0.2, -0.15) is 0 Å². The van der Waals surface area contributed by atoms with E-state index < -0.39 is 34.6 Å². The van der Waals surface area contributed by atoms with Gasteiger partial charge in [0.05, 0.1) is 35.8 Å². The highest BCUT2D eigenvalue weighted by atomic mass is 79.9. The van der Waals surface area contributed by atoms with Gasteiger partial charge >= 0.3 is 5.97 Å². The summed E-state index contributed by atoms with van der Waals surface area (Å²) < 4.78 is 4.76. The standard InChI is InChI=1S/C35H42BrN3O5S/c1-5-9-20-44-34(43)28-29-32(41)39(27(22-40)23-13-11-10-12-14-23)31(35(29)21-26(36)30(28)45-35)33(42)38(19-6-2)25-17-15-24(16-18-25)37(7-3)8-4/h5-6,10-18,26-31,40H,1-2,7-9,19-22H2,3-4H3/t26?,27-,28-,29+,30-,31?,35?/m1/s1. The molecule has 5 rings (SSSR count). The smallest absolute Gasteiger partial charge is 0.310 e. The highest BCUT2D eigenvalue weighted by Gasteiger charge is 2.76. The Hall–Kier alpha value is -3.08. The molecule has 2 aromatic rings. The Labute approximate surface area is 278 Å². The molecule has 240 valence electrons. The summed E-state index contributed by atoms with van der Waals surface area (Å²) in [6.07, 6.45) is 4.40. The fraction of sp³-hybridized carbons (Fsp3) is 0.457. The zero-order valence-electron chi connectivity index (χ0n) is 25.9. The summed E-state index contributed by atoms with van der Waals surface area (Å²) in [4.78, 5) is 48.7. The first kappa shape index (κ1) is 33.3. The normalized spacial score (nSPS) is 27.2. The molecule has 8 nitrogen and oxygen atoms in total. The quantitative estimate of drug-likeness (QED) is 0.123. The predicted molar refractivity (Wildman–Crippen MR) is 184 cm³/mol. The molecule has 10 heteroatoms. The van der Waals surface area contributed by atoms with Gasteiger partial charge in [-0.25, -0.2) is 0 Å². The number of anilines is 2. The van der Waals surface area contributed by atoms with E-state index in [1.165, 1.54) is 0 Å². The molecule has 3 aliphatic heterocycles. The van der Waals surface area contributed by atoms with Crippen LogP contribution in [0.25, 0.3) is 0 Å². The Balaban J connectivity index is 1.60. The van der Waals surface area contributed by atoms with E-state index in [-0.39, 0.29) is 41.6 Å². The van der Waals surface area contributed by atoms with Gasteiger partial charge in [-0.05, 0) is 56.5 Å². The highest BCUT2D eigenvalue weighted by Crippen LogP contribution is 2.68. The number of aliphatic hydroxyl groups excluding tert-OH is 1. The zero-order chi connectivity index (χ0) is 32.3. The number of likely N-dealkylation sites (tertiary alicyclic amines) is 1. The number of nitrogens with zero attached hydrogens (tertiary/aromatic N) is 3. The molecular formula is C35H42BrN3O5S. The molecule has 2 aromatic carbocycles. The summed E-state index contributed by atoms with van der Waals surface area (Å²) >= 11 is 5.36. The van der Waals surface area contributed by atoms with E-state index in [0.29, 0.717) is 18.5 Å². The summed E-state index contributed by atoms with van der Waals surface area (Å²) in [7, 11) is 0. The lowest BCUT2D eigenvalue weighted by molar-refractivity contribution is -0.154. The van der Waals surface area contributed by atoms with Crippen molar-refractivity contribution in [3.63, 3.8) is 0 Å². The maximum absolute atomic E-state index is 15.0. The van der Waals surface area contributed by atoms with Crippen LogP contribution in [0.1, 0.15) is 38.3 Å². The van der Waals surface area contributed by atoms with Crippen LogP contribution in [-0.2, 0) is 19.1 Å². The number of hydrogen-bond donors (Lipinski definition) is 1. The second kappa shape index (κ2) is 14.1. The SMILES string of the molecule is C=CCCOC(=O)[C@H]1[C@@H]2SC3(CC2Br)C(C(=O)N(CC=C)c2ccc(N(CC)CC)cc2)N([C@H](CO)c2ccccc2)C(=O)[C@H]13. The molecule has 0 aromatic heterocycles. The summed E-state index contributed by atoms with van der Waals surface area (Å²) in [5, 5.41) is 10.6. The molecule has 0 aliphatic carbocycles. The van der Waals surface area contributed by atoms with Gasteiger partial charge in [0.25, 0.3) is 5.91 Å². The summed E-state index contributed by atoms with van der Waals surface area (Å²) in [6.45, 7) is 13.6. The fourth-order valence-electron chi connectivity index (χ4n) is 7.35. The van der Waals surface area contributed by atoms with Crippen molar-refractivity contribution in [1.82, 2.24) is 4.90 Å². The predicted octanol–water partition coefficient (Wildman–Crippen LogP) is 5.37. The molecule has 3 unspecified atom stereocenters. The fourth-order valence-corrected chi connectivity index (χ4v) is 10.9. The van der Waals surface area contributed by atoms with E-state index in [0.717, 1.165) is 24.3 Å². The van der Waals surface area contributed by atoms with Crippen LogP contribution in [0.5, 0.6) is 0 Å². The number of carbonyl (C=O) groups is 3. The second-order valence-electron chi connectivity index (χ2n) is 11.7. The molecule has 45 heavy (non-hydrogen) atoms. The van der Waals surface area contributed by atoms with Gasteiger partial charge in [-0.15, -0.1) is 24.9 Å². The number of rotatable bonds is 14. The van der Waals surface area contributed by atoms with Crippen molar-refractivity contribution in [3.05, 3.63) is 85.5 Å². The number of aliphatic hydroxyl groups is 1. The third-order valence-electron chi connectivity index (χ3n) is 9.36. The second-order valence-corrected chi connectivity index (χ2v) is 14.4. The molecule has 3 heterocycles. The average molecular weight is 697 g/mol. The Morgan fingerprint density at radius 2 is 1.78 bits per heavy atom. The summed E-state index contributed by atoms with van der Waals surface area (Å²) in [5.41, 5.74) is 2.47. The van der Waals surface area contributed by atoms with E-state index >= 15 is 4.79 Å². The minimum atomic E-state index is -0.934. The third-order valence-corrected chi connectivity index (χ3v) is 12.6.